The topological polar surface area (TPSA) is 69.7 Å². The van der Waals surface area contributed by atoms with Crippen molar-refractivity contribution in [2.45, 2.75) is 33.1 Å². The Morgan fingerprint density at radius 2 is 1.70 bits per heavy atom. The minimum atomic E-state index is -3.30. The molecular formula is C13H27N3O3S. The predicted octanol–water partition coefficient (Wildman–Crippen LogP) is 0.260. The number of sulfonamides is 1. The lowest BCUT2D eigenvalue weighted by molar-refractivity contribution is -0.130. The Labute approximate surface area is 122 Å². The molecule has 0 bridgehead atoms. The van der Waals surface area contributed by atoms with Crippen molar-refractivity contribution in [1.29, 1.82) is 0 Å². The summed E-state index contributed by atoms with van der Waals surface area (Å²) >= 11 is 0. The van der Waals surface area contributed by atoms with Crippen LogP contribution in [0.2, 0.25) is 0 Å². The van der Waals surface area contributed by atoms with Gasteiger partial charge < -0.3 is 10.2 Å². The van der Waals surface area contributed by atoms with Crippen LogP contribution in [0.25, 0.3) is 0 Å². The Morgan fingerprint density at radius 1 is 1.15 bits per heavy atom. The second-order valence-corrected chi connectivity index (χ2v) is 7.18. The van der Waals surface area contributed by atoms with Crippen molar-refractivity contribution in [2.24, 2.45) is 0 Å². The molecule has 0 unspecified atom stereocenters. The van der Waals surface area contributed by atoms with E-state index in [0.29, 0.717) is 39.3 Å². The number of hydrogen-bond acceptors (Lipinski definition) is 4. The summed E-state index contributed by atoms with van der Waals surface area (Å²) in [7, 11) is -3.30. The van der Waals surface area contributed by atoms with E-state index >= 15 is 0 Å². The molecule has 7 heteroatoms. The highest BCUT2D eigenvalue weighted by molar-refractivity contribution is 7.89. The van der Waals surface area contributed by atoms with Crippen LogP contribution in [-0.2, 0) is 14.8 Å². The Kier molecular flexibility index (Phi) is 7.47. The summed E-state index contributed by atoms with van der Waals surface area (Å²) in [6.07, 6.45) is 1.89. The standard InChI is InChI=1S/C13H27N3O3S/c1-3-8-15(9-4-2)13(17)5-12-20(18,19)16-10-6-14-7-11-16/h14H,3-12H2,1-2H3. The van der Waals surface area contributed by atoms with E-state index in [1.807, 2.05) is 13.8 Å². The average molecular weight is 305 g/mol. The van der Waals surface area contributed by atoms with Gasteiger partial charge in [-0.15, -0.1) is 0 Å². The maximum atomic E-state index is 12.2. The zero-order valence-corrected chi connectivity index (χ0v) is 13.4. The summed E-state index contributed by atoms with van der Waals surface area (Å²) in [5, 5.41) is 3.12. The van der Waals surface area contributed by atoms with Crippen LogP contribution in [-0.4, -0.2) is 68.6 Å². The van der Waals surface area contributed by atoms with Gasteiger partial charge in [-0.2, -0.15) is 4.31 Å². The number of carbonyl (C=O) groups excluding carboxylic acids is 1. The fourth-order valence-electron chi connectivity index (χ4n) is 2.33. The van der Waals surface area contributed by atoms with E-state index in [0.717, 1.165) is 12.8 Å². The fourth-order valence-corrected chi connectivity index (χ4v) is 3.76. The van der Waals surface area contributed by atoms with Gasteiger partial charge in [0.1, 0.15) is 0 Å². The maximum absolute atomic E-state index is 12.2. The van der Waals surface area contributed by atoms with Gasteiger partial charge in [0.25, 0.3) is 0 Å². The summed E-state index contributed by atoms with van der Waals surface area (Å²) in [5.74, 6) is -0.122. The van der Waals surface area contributed by atoms with Crippen molar-refractivity contribution >= 4 is 15.9 Å². The Bertz CT molecular complexity index is 386. The van der Waals surface area contributed by atoms with Crippen LogP contribution >= 0.6 is 0 Å². The van der Waals surface area contributed by atoms with E-state index in [4.69, 9.17) is 0 Å². The number of amides is 1. The van der Waals surface area contributed by atoms with Gasteiger partial charge in [-0.25, -0.2) is 8.42 Å². The molecule has 1 heterocycles. The molecule has 1 rings (SSSR count). The maximum Gasteiger partial charge on any atom is 0.223 e. The molecule has 0 atom stereocenters. The van der Waals surface area contributed by atoms with Gasteiger partial charge in [0.15, 0.2) is 0 Å². The third-order valence-electron chi connectivity index (χ3n) is 3.38. The lowest BCUT2D eigenvalue weighted by Crippen LogP contribution is -2.47. The minimum Gasteiger partial charge on any atom is -0.343 e. The first-order valence-corrected chi connectivity index (χ1v) is 9.08. The van der Waals surface area contributed by atoms with Crippen molar-refractivity contribution in [1.82, 2.24) is 14.5 Å². The molecule has 1 aliphatic rings. The Morgan fingerprint density at radius 3 is 2.20 bits per heavy atom. The monoisotopic (exact) mass is 305 g/mol. The van der Waals surface area contributed by atoms with Crippen LogP contribution in [0.3, 0.4) is 0 Å². The Balaban J connectivity index is 2.49. The van der Waals surface area contributed by atoms with E-state index in [-0.39, 0.29) is 18.1 Å². The number of rotatable bonds is 8. The van der Waals surface area contributed by atoms with Crippen molar-refractivity contribution in [2.75, 3.05) is 45.0 Å². The molecule has 20 heavy (non-hydrogen) atoms. The predicted molar refractivity (Wildman–Crippen MR) is 80.0 cm³/mol. The van der Waals surface area contributed by atoms with Crippen LogP contribution in [0.15, 0.2) is 0 Å². The molecule has 0 spiro atoms. The molecule has 0 aromatic heterocycles. The summed E-state index contributed by atoms with van der Waals surface area (Å²) < 4.78 is 25.8. The smallest absolute Gasteiger partial charge is 0.223 e. The third-order valence-corrected chi connectivity index (χ3v) is 5.25. The number of hydrogen-bond donors (Lipinski definition) is 1. The lowest BCUT2D eigenvalue weighted by Gasteiger charge is -2.27. The van der Waals surface area contributed by atoms with Crippen molar-refractivity contribution in [3.63, 3.8) is 0 Å². The molecule has 0 radical (unpaired) electrons. The summed E-state index contributed by atoms with van der Waals surface area (Å²) in [4.78, 5) is 13.9. The van der Waals surface area contributed by atoms with Gasteiger partial charge in [0, 0.05) is 45.7 Å². The molecule has 1 N–H and O–H groups in total. The molecule has 1 amide bonds. The molecule has 118 valence electrons. The molecular weight excluding hydrogens is 278 g/mol. The fraction of sp³-hybridized carbons (Fsp3) is 0.923. The average Bonchev–Trinajstić information content (AvgIpc) is 2.45. The van der Waals surface area contributed by atoms with Crippen LogP contribution in [0.5, 0.6) is 0 Å². The van der Waals surface area contributed by atoms with Gasteiger partial charge in [0.05, 0.1) is 5.75 Å². The van der Waals surface area contributed by atoms with E-state index in [9.17, 15) is 13.2 Å². The molecule has 1 fully saturated rings. The van der Waals surface area contributed by atoms with Crippen molar-refractivity contribution < 1.29 is 13.2 Å². The van der Waals surface area contributed by atoms with E-state index < -0.39 is 10.0 Å². The molecule has 6 nitrogen and oxygen atoms in total. The van der Waals surface area contributed by atoms with E-state index in [2.05, 4.69) is 5.32 Å². The number of carbonyl (C=O) groups is 1. The first-order chi connectivity index (χ1) is 9.51. The normalized spacial score (nSPS) is 17.1. The second-order valence-electron chi connectivity index (χ2n) is 5.10. The molecule has 1 saturated heterocycles. The van der Waals surface area contributed by atoms with Gasteiger partial charge in [-0.05, 0) is 12.8 Å². The minimum absolute atomic E-state index is 0.0487. The highest BCUT2D eigenvalue weighted by Crippen LogP contribution is 2.07. The second kappa shape index (κ2) is 8.59. The van der Waals surface area contributed by atoms with E-state index in [1.165, 1.54) is 4.31 Å². The molecule has 0 aromatic rings. The van der Waals surface area contributed by atoms with E-state index in [1.54, 1.807) is 4.90 Å². The molecule has 1 aliphatic heterocycles. The number of nitrogens with one attached hydrogen (secondary N) is 1. The van der Waals surface area contributed by atoms with Gasteiger partial charge in [-0.3, -0.25) is 4.79 Å². The highest BCUT2D eigenvalue weighted by Gasteiger charge is 2.25. The number of piperazine rings is 1. The van der Waals surface area contributed by atoms with Gasteiger partial charge in [-0.1, -0.05) is 13.8 Å². The first-order valence-electron chi connectivity index (χ1n) is 7.47. The Hall–Kier alpha value is -0.660. The van der Waals surface area contributed by atoms with Crippen LogP contribution in [0.1, 0.15) is 33.1 Å². The van der Waals surface area contributed by atoms with Crippen molar-refractivity contribution in [3.05, 3.63) is 0 Å². The van der Waals surface area contributed by atoms with Crippen LogP contribution in [0, 0.1) is 0 Å². The number of nitrogens with zero attached hydrogens (tertiary/aromatic N) is 2. The largest absolute Gasteiger partial charge is 0.343 e. The molecule has 0 saturated carbocycles. The third kappa shape index (κ3) is 5.38. The van der Waals surface area contributed by atoms with Gasteiger partial charge >= 0.3 is 0 Å². The SMILES string of the molecule is CCCN(CCC)C(=O)CCS(=O)(=O)N1CCNCC1. The highest BCUT2D eigenvalue weighted by atomic mass is 32.2. The molecule has 0 aromatic carbocycles. The quantitative estimate of drug-likeness (QED) is 0.698. The lowest BCUT2D eigenvalue weighted by atomic mass is 10.3. The first kappa shape index (κ1) is 17.4. The summed E-state index contributed by atoms with van der Waals surface area (Å²) in [6, 6.07) is 0. The van der Waals surface area contributed by atoms with Crippen molar-refractivity contribution in [3.8, 4) is 0 Å². The van der Waals surface area contributed by atoms with Gasteiger partial charge in [0.2, 0.25) is 15.9 Å². The molecule has 0 aliphatic carbocycles. The zero-order valence-electron chi connectivity index (χ0n) is 12.6. The van der Waals surface area contributed by atoms with Crippen LogP contribution in [0.4, 0.5) is 0 Å². The zero-order chi connectivity index (χ0) is 15.0. The summed E-state index contributed by atoms with van der Waals surface area (Å²) in [5.41, 5.74) is 0. The summed E-state index contributed by atoms with van der Waals surface area (Å²) in [6.45, 7) is 7.84. The van der Waals surface area contributed by atoms with Crippen LogP contribution < -0.4 is 5.32 Å².